The lowest BCUT2D eigenvalue weighted by Gasteiger charge is -2.32. The van der Waals surface area contributed by atoms with Crippen molar-refractivity contribution in [1.29, 1.82) is 0 Å². The quantitative estimate of drug-likeness (QED) is 0.235. The van der Waals surface area contributed by atoms with Crippen molar-refractivity contribution in [3.8, 4) is 22.8 Å². The Morgan fingerprint density at radius 1 is 0.955 bits per heavy atom. The minimum Gasteiger partial charge on any atom is -0.485 e. The molecule has 0 radical (unpaired) electrons. The van der Waals surface area contributed by atoms with Crippen LogP contribution in [-0.4, -0.2) is 49.7 Å². The van der Waals surface area contributed by atoms with E-state index in [-0.39, 0.29) is 17.8 Å². The number of pyridine rings is 1. The summed E-state index contributed by atoms with van der Waals surface area (Å²) >= 11 is 0. The van der Waals surface area contributed by atoms with Gasteiger partial charge in [0.1, 0.15) is 17.4 Å². The van der Waals surface area contributed by atoms with Crippen molar-refractivity contribution in [2.24, 2.45) is 5.92 Å². The SMILES string of the molecule is CC(Oc1ccccc1-c1cccc(-n2ncc(C(=O)O)c2C(F)(F)F)n1)c1ccc(C2CCN(C(=O)C3CC3)CC2)cc1. The Bertz CT molecular complexity index is 1670. The summed E-state index contributed by atoms with van der Waals surface area (Å²) in [5.41, 5.74) is 0.732. The Hall–Kier alpha value is -4.67. The van der Waals surface area contributed by atoms with Crippen LogP contribution in [0.15, 0.2) is 72.9 Å². The van der Waals surface area contributed by atoms with Gasteiger partial charge in [0.05, 0.1) is 11.9 Å². The fraction of sp³-hybridized carbons (Fsp3) is 0.333. The standard InChI is InChI=1S/C33H31F3N4O4/c1-20(21-9-11-22(12-10-21)23-15-17-39(18-16-23)31(41)24-13-14-24)44-28-7-3-2-5-25(28)27-6-4-8-29(38-27)40-30(33(34,35)36)26(19-37-40)32(42)43/h2-12,19-20,23-24H,13-18H2,1H3,(H,42,43). The van der Waals surface area contributed by atoms with Gasteiger partial charge in [0.25, 0.3) is 0 Å². The molecule has 1 saturated heterocycles. The summed E-state index contributed by atoms with van der Waals surface area (Å²) in [6, 6.07) is 19.9. The highest BCUT2D eigenvalue weighted by molar-refractivity contribution is 5.89. The molecule has 3 heterocycles. The maximum atomic E-state index is 13.8. The number of nitrogens with zero attached hydrogens (tertiary/aromatic N) is 4. The molecule has 228 valence electrons. The molecule has 44 heavy (non-hydrogen) atoms. The third-order valence-electron chi connectivity index (χ3n) is 8.30. The molecule has 8 nitrogen and oxygen atoms in total. The Labute approximate surface area is 252 Å². The number of para-hydroxylation sites is 1. The van der Waals surface area contributed by atoms with Crippen LogP contribution in [0.3, 0.4) is 0 Å². The molecule has 2 aromatic heterocycles. The van der Waals surface area contributed by atoms with E-state index in [1.807, 2.05) is 24.0 Å². The van der Waals surface area contributed by atoms with Crippen molar-refractivity contribution in [3.63, 3.8) is 0 Å². The van der Waals surface area contributed by atoms with Crippen LogP contribution in [0.2, 0.25) is 0 Å². The molecule has 0 bridgehead atoms. The minimum atomic E-state index is -4.96. The van der Waals surface area contributed by atoms with Gasteiger partial charge in [-0.3, -0.25) is 4.79 Å². The molecule has 11 heteroatoms. The molecule has 6 rings (SSSR count). The van der Waals surface area contributed by atoms with Gasteiger partial charge in [0.15, 0.2) is 11.5 Å². The van der Waals surface area contributed by atoms with Crippen LogP contribution in [0.1, 0.15) is 71.8 Å². The second-order valence-electron chi connectivity index (χ2n) is 11.3. The van der Waals surface area contributed by atoms with Gasteiger partial charge < -0.3 is 14.7 Å². The number of halogens is 3. The molecular weight excluding hydrogens is 573 g/mol. The summed E-state index contributed by atoms with van der Waals surface area (Å²) in [4.78, 5) is 30.2. The number of benzene rings is 2. The number of aromatic nitrogens is 3. The second-order valence-corrected chi connectivity index (χ2v) is 11.3. The number of alkyl halides is 3. The second kappa shape index (κ2) is 11.8. The lowest BCUT2D eigenvalue weighted by molar-refractivity contribution is -0.143. The number of hydrogen-bond donors (Lipinski definition) is 1. The predicted molar refractivity (Wildman–Crippen MR) is 156 cm³/mol. The van der Waals surface area contributed by atoms with Gasteiger partial charge in [-0.25, -0.2) is 14.5 Å². The Morgan fingerprint density at radius 2 is 1.66 bits per heavy atom. The molecule has 1 unspecified atom stereocenters. The van der Waals surface area contributed by atoms with Crippen molar-refractivity contribution in [2.45, 2.75) is 50.8 Å². The van der Waals surface area contributed by atoms with Gasteiger partial charge in [-0.05, 0) is 73.9 Å². The Morgan fingerprint density at radius 3 is 2.32 bits per heavy atom. The third-order valence-corrected chi connectivity index (χ3v) is 8.30. The van der Waals surface area contributed by atoms with Crippen molar-refractivity contribution < 1.29 is 32.6 Å². The predicted octanol–water partition coefficient (Wildman–Crippen LogP) is 6.91. The van der Waals surface area contributed by atoms with E-state index in [9.17, 15) is 27.9 Å². The van der Waals surface area contributed by atoms with Gasteiger partial charge >= 0.3 is 12.1 Å². The summed E-state index contributed by atoms with van der Waals surface area (Å²) in [7, 11) is 0. The van der Waals surface area contributed by atoms with Crippen LogP contribution in [-0.2, 0) is 11.0 Å². The average Bonchev–Trinajstić information content (AvgIpc) is 3.77. The maximum Gasteiger partial charge on any atom is 0.434 e. The fourth-order valence-electron chi connectivity index (χ4n) is 5.74. The summed E-state index contributed by atoms with van der Waals surface area (Å²) in [6.07, 6.45) is -0.682. The highest BCUT2D eigenvalue weighted by Gasteiger charge is 2.41. The highest BCUT2D eigenvalue weighted by atomic mass is 19.4. The topological polar surface area (TPSA) is 97.6 Å². The first-order valence-corrected chi connectivity index (χ1v) is 14.6. The highest BCUT2D eigenvalue weighted by Crippen LogP contribution is 2.37. The van der Waals surface area contributed by atoms with Crippen LogP contribution in [0, 0.1) is 5.92 Å². The fourth-order valence-corrected chi connectivity index (χ4v) is 5.74. The van der Waals surface area contributed by atoms with E-state index < -0.39 is 23.4 Å². The van der Waals surface area contributed by atoms with Crippen molar-refractivity contribution in [1.82, 2.24) is 19.7 Å². The van der Waals surface area contributed by atoms with Crippen LogP contribution in [0.25, 0.3) is 17.1 Å². The molecule has 1 aliphatic heterocycles. The number of carbonyl (C=O) groups is 2. The Kier molecular flexibility index (Phi) is 7.87. The van der Waals surface area contributed by atoms with E-state index in [1.54, 1.807) is 30.3 Å². The molecule has 1 saturated carbocycles. The number of amides is 1. The van der Waals surface area contributed by atoms with E-state index in [2.05, 4.69) is 22.2 Å². The number of piperidine rings is 1. The van der Waals surface area contributed by atoms with E-state index in [0.29, 0.717) is 39.7 Å². The molecule has 2 fully saturated rings. The monoisotopic (exact) mass is 604 g/mol. The maximum absolute atomic E-state index is 13.8. The van der Waals surface area contributed by atoms with Crippen LogP contribution in [0.4, 0.5) is 13.2 Å². The number of carboxylic acids is 1. The number of rotatable bonds is 8. The van der Waals surface area contributed by atoms with E-state index in [0.717, 1.165) is 44.3 Å². The van der Waals surface area contributed by atoms with E-state index in [4.69, 9.17) is 4.74 Å². The van der Waals surface area contributed by atoms with Gasteiger partial charge in [0, 0.05) is 24.6 Å². The number of aromatic carboxylic acids is 1. The number of hydrogen-bond acceptors (Lipinski definition) is 5. The summed E-state index contributed by atoms with van der Waals surface area (Å²) in [6.45, 7) is 3.52. The zero-order chi connectivity index (χ0) is 31.0. The molecule has 4 aromatic rings. The number of carboxylic acid groups (broad SMARTS) is 1. The average molecular weight is 605 g/mol. The Balaban J connectivity index is 1.18. The van der Waals surface area contributed by atoms with Crippen molar-refractivity contribution in [2.75, 3.05) is 13.1 Å². The first-order valence-electron chi connectivity index (χ1n) is 14.6. The molecule has 1 atom stereocenters. The molecule has 1 amide bonds. The first kappa shape index (κ1) is 29.4. The summed E-state index contributed by atoms with van der Waals surface area (Å²) in [5.74, 6) is -0.449. The van der Waals surface area contributed by atoms with Gasteiger partial charge in [-0.2, -0.15) is 18.3 Å². The van der Waals surface area contributed by atoms with Crippen LogP contribution in [0.5, 0.6) is 5.75 Å². The normalized spacial score (nSPS) is 16.5. The third kappa shape index (κ3) is 6.04. The van der Waals surface area contributed by atoms with Crippen LogP contribution >= 0.6 is 0 Å². The van der Waals surface area contributed by atoms with Gasteiger partial charge in [0.2, 0.25) is 5.91 Å². The molecule has 2 aromatic carbocycles. The summed E-state index contributed by atoms with van der Waals surface area (Å²) in [5, 5.41) is 12.9. The molecule has 1 N–H and O–H groups in total. The largest absolute Gasteiger partial charge is 0.485 e. The van der Waals surface area contributed by atoms with Crippen molar-refractivity contribution in [3.05, 3.63) is 95.3 Å². The smallest absolute Gasteiger partial charge is 0.434 e. The van der Waals surface area contributed by atoms with E-state index >= 15 is 0 Å². The molecular formula is C33H31F3N4O4. The zero-order valence-electron chi connectivity index (χ0n) is 24.0. The van der Waals surface area contributed by atoms with Crippen LogP contribution < -0.4 is 4.74 Å². The zero-order valence-corrected chi connectivity index (χ0v) is 24.0. The molecule has 1 aliphatic carbocycles. The van der Waals surface area contributed by atoms with Gasteiger partial charge in [-0.1, -0.05) is 42.5 Å². The lowest BCUT2D eigenvalue weighted by Crippen LogP contribution is -2.38. The number of carbonyl (C=O) groups excluding carboxylic acids is 1. The lowest BCUT2D eigenvalue weighted by atomic mass is 9.88. The minimum absolute atomic E-state index is 0.177. The number of ether oxygens (including phenoxy) is 1. The number of likely N-dealkylation sites (tertiary alicyclic amines) is 1. The molecule has 0 spiro atoms. The first-order chi connectivity index (χ1) is 21.1. The molecule has 2 aliphatic rings. The summed E-state index contributed by atoms with van der Waals surface area (Å²) < 4.78 is 48.2. The van der Waals surface area contributed by atoms with E-state index in [1.165, 1.54) is 17.7 Å². The van der Waals surface area contributed by atoms with Crippen molar-refractivity contribution >= 4 is 11.9 Å². The van der Waals surface area contributed by atoms with Gasteiger partial charge in [-0.15, -0.1) is 0 Å².